The summed E-state index contributed by atoms with van der Waals surface area (Å²) in [7, 11) is 0. The second kappa shape index (κ2) is 7.89. The molecule has 3 aromatic heterocycles. The fourth-order valence-corrected chi connectivity index (χ4v) is 5.04. The number of hydrogen-bond donors (Lipinski definition) is 1. The second-order valence-electron chi connectivity index (χ2n) is 9.47. The van der Waals surface area contributed by atoms with Gasteiger partial charge in [0.15, 0.2) is 29.0 Å². The summed E-state index contributed by atoms with van der Waals surface area (Å²) in [4.78, 5) is 13.6. The topological polar surface area (TPSA) is 109 Å². The van der Waals surface area contributed by atoms with Gasteiger partial charge in [0.1, 0.15) is 36.6 Å². The highest BCUT2D eigenvalue weighted by Gasteiger charge is 2.55. The van der Waals surface area contributed by atoms with Crippen LogP contribution in [0.1, 0.15) is 57.0 Å². The van der Waals surface area contributed by atoms with Crippen LogP contribution in [-0.4, -0.2) is 54.8 Å². The molecule has 174 valence electrons. The molecule has 10 heteroatoms. The van der Waals surface area contributed by atoms with Crippen LogP contribution in [0.4, 0.5) is 5.82 Å². The summed E-state index contributed by atoms with van der Waals surface area (Å²) in [5.41, 5.74) is 3.17. The molecule has 0 amide bonds. The van der Waals surface area contributed by atoms with Gasteiger partial charge in [0.25, 0.3) is 0 Å². The Morgan fingerprint density at radius 1 is 1.12 bits per heavy atom. The first-order valence-electron chi connectivity index (χ1n) is 11.5. The van der Waals surface area contributed by atoms with Crippen molar-refractivity contribution in [2.75, 3.05) is 5.32 Å². The van der Waals surface area contributed by atoms with Crippen molar-refractivity contribution in [3.05, 3.63) is 36.3 Å². The van der Waals surface area contributed by atoms with Crippen LogP contribution >= 0.6 is 0 Å². The van der Waals surface area contributed by atoms with Crippen LogP contribution in [0.2, 0.25) is 0 Å². The molecule has 3 aromatic rings. The molecule has 4 atom stereocenters. The molecule has 1 saturated carbocycles. The van der Waals surface area contributed by atoms with Gasteiger partial charge in [0, 0.05) is 11.6 Å². The van der Waals surface area contributed by atoms with Gasteiger partial charge in [-0.15, -0.1) is 0 Å². The lowest BCUT2D eigenvalue weighted by Gasteiger charge is -2.24. The first-order chi connectivity index (χ1) is 16.0. The van der Waals surface area contributed by atoms with Gasteiger partial charge in [-0.25, -0.2) is 15.0 Å². The number of anilines is 1. The number of fused-ring (bicyclic) bond motifs is 2. The maximum absolute atomic E-state index is 6.43. The van der Waals surface area contributed by atoms with E-state index in [0.29, 0.717) is 11.7 Å². The molecule has 1 N–H and O–H groups in total. The number of nitrogens with one attached hydrogen (secondary N) is 1. The largest absolute Gasteiger partial charge is 0.365 e. The number of imidazole rings is 1. The van der Waals surface area contributed by atoms with Crippen LogP contribution in [0.25, 0.3) is 17.2 Å². The van der Waals surface area contributed by atoms with Crippen molar-refractivity contribution in [3.63, 3.8) is 0 Å². The van der Waals surface area contributed by atoms with Gasteiger partial charge >= 0.3 is 0 Å². The Kier molecular flexibility index (Phi) is 4.97. The van der Waals surface area contributed by atoms with E-state index in [1.807, 2.05) is 37.5 Å². The minimum atomic E-state index is -0.714. The molecule has 3 aliphatic rings. The van der Waals surface area contributed by atoms with Gasteiger partial charge in [-0.2, -0.15) is 0 Å². The van der Waals surface area contributed by atoms with E-state index < -0.39 is 12.0 Å². The van der Waals surface area contributed by atoms with Crippen molar-refractivity contribution in [2.24, 2.45) is 0 Å². The molecule has 0 spiro atoms. The standard InChI is InChI=1S/C23H28N6O4/c1-13-10-30-28-15(13)8-9-16-18-19(33-23(2,3)32-18)22(31-16)29-12-26-17-20(24-11-25-21(17)29)27-14-6-4-5-7-14/h8-12,14,16,18-19,22H,4-7H2,1-3H3,(H,24,25,27)/t16-,18-,19+,22-/m1/s1. The molecule has 5 heterocycles. The highest BCUT2D eigenvalue weighted by Crippen LogP contribution is 2.44. The van der Waals surface area contributed by atoms with Crippen LogP contribution < -0.4 is 5.32 Å². The number of nitrogens with zero attached hydrogens (tertiary/aromatic N) is 5. The number of aromatic nitrogens is 5. The van der Waals surface area contributed by atoms with E-state index >= 15 is 0 Å². The summed E-state index contributed by atoms with van der Waals surface area (Å²) in [5.74, 6) is 0.0513. The number of aryl methyl sites for hydroxylation is 1. The average molecular weight is 453 g/mol. The molecule has 0 radical (unpaired) electrons. The molecule has 33 heavy (non-hydrogen) atoms. The van der Waals surface area contributed by atoms with E-state index in [9.17, 15) is 0 Å². The van der Waals surface area contributed by atoms with E-state index in [4.69, 9.17) is 18.7 Å². The molecule has 10 nitrogen and oxygen atoms in total. The molecule has 1 aliphatic carbocycles. The molecule has 0 bridgehead atoms. The minimum absolute atomic E-state index is 0.274. The Balaban J connectivity index is 1.32. The van der Waals surface area contributed by atoms with Crippen LogP contribution in [0, 0.1) is 6.92 Å². The van der Waals surface area contributed by atoms with Crippen molar-refractivity contribution in [1.82, 2.24) is 24.7 Å². The van der Waals surface area contributed by atoms with Gasteiger partial charge in [-0.05, 0) is 39.7 Å². The Labute approximate surface area is 191 Å². The number of rotatable bonds is 5. The zero-order valence-electron chi connectivity index (χ0n) is 19.0. The highest BCUT2D eigenvalue weighted by atomic mass is 16.8. The number of ether oxygens (including phenoxy) is 3. The summed E-state index contributed by atoms with van der Waals surface area (Å²) >= 11 is 0. The third kappa shape index (κ3) is 3.71. The van der Waals surface area contributed by atoms with Crippen LogP contribution in [-0.2, 0) is 14.2 Å². The lowest BCUT2D eigenvalue weighted by Crippen LogP contribution is -2.28. The van der Waals surface area contributed by atoms with Crippen LogP contribution in [0.3, 0.4) is 0 Å². The van der Waals surface area contributed by atoms with Gasteiger partial charge in [0.05, 0.1) is 6.33 Å². The molecule has 0 aromatic carbocycles. The first-order valence-corrected chi connectivity index (χ1v) is 11.5. The van der Waals surface area contributed by atoms with E-state index in [-0.39, 0.29) is 18.3 Å². The van der Waals surface area contributed by atoms with Crippen LogP contribution in [0.15, 0.2) is 29.5 Å². The van der Waals surface area contributed by atoms with Crippen LogP contribution in [0.5, 0.6) is 0 Å². The van der Waals surface area contributed by atoms with E-state index in [1.54, 1.807) is 18.9 Å². The fraction of sp³-hybridized carbons (Fsp3) is 0.565. The van der Waals surface area contributed by atoms with Gasteiger partial charge in [-0.3, -0.25) is 4.57 Å². The second-order valence-corrected chi connectivity index (χ2v) is 9.47. The quantitative estimate of drug-likeness (QED) is 0.621. The lowest BCUT2D eigenvalue weighted by molar-refractivity contribution is -0.191. The Morgan fingerprint density at radius 2 is 1.94 bits per heavy atom. The molecule has 2 saturated heterocycles. The van der Waals surface area contributed by atoms with Crippen molar-refractivity contribution >= 4 is 23.1 Å². The SMILES string of the molecule is Cc1conc1C=C[C@H]1O[C@@H](n2cnc3c(NC4CCCC4)ncnc32)[C@H]2OC(C)(C)O[C@@H]21. The normalized spacial score (nSPS) is 29.4. The summed E-state index contributed by atoms with van der Waals surface area (Å²) in [5, 5.41) is 7.57. The van der Waals surface area contributed by atoms with E-state index in [2.05, 4.69) is 25.4 Å². The summed E-state index contributed by atoms with van der Waals surface area (Å²) in [6, 6.07) is 0.433. The average Bonchev–Trinajstić information content (AvgIpc) is 3.58. The maximum atomic E-state index is 6.43. The zero-order chi connectivity index (χ0) is 22.6. The molecular weight excluding hydrogens is 424 g/mol. The Morgan fingerprint density at radius 3 is 2.73 bits per heavy atom. The first kappa shape index (κ1) is 20.8. The fourth-order valence-electron chi connectivity index (χ4n) is 5.04. The molecule has 3 fully saturated rings. The Hall–Kier alpha value is -2.82. The summed E-state index contributed by atoms with van der Waals surface area (Å²) in [6.07, 6.45) is 12.2. The minimum Gasteiger partial charge on any atom is -0.365 e. The van der Waals surface area contributed by atoms with Gasteiger partial charge in [0.2, 0.25) is 0 Å². The van der Waals surface area contributed by atoms with Crippen molar-refractivity contribution in [3.8, 4) is 0 Å². The lowest BCUT2D eigenvalue weighted by atomic mass is 10.1. The van der Waals surface area contributed by atoms with Gasteiger partial charge < -0.3 is 24.1 Å². The van der Waals surface area contributed by atoms with Crippen molar-refractivity contribution in [1.29, 1.82) is 0 Å². The van der Waals surface area contributed by atoms with Crippen molar-refractivity contribution < 1.29 is 18.7 Å². The molecular formula is C23H28N6O4. The molecule has 2 aliphatic heterocycles. The highest BCUT2D eigenvalue weighted by molar-refractivity contribution is 5.82. The monoisotopic (exact) mass is 452 g/mol. The predicted octanol–water partition coefficient (Wildman–Crippen LogP) is 3.61. The number of hydrogen-bond acceptors (Lipinski definition) is 9. The third-order valence-corrected chi connectivity index (χ3v) is 6.62. The van der Waals surface area contributed by atoms with Gasteiger partial charge in [-0.1, -0.05) is 24.1 Å². The van der Waals surface area contributed by atoms with Crippen molar-refractivity contribution in [2.45, 2.75) is 82.8 Å². The summed E-state index contributed by atoms with van der Waals surface area (Å²) in [6.45, 7) is 5.79. The molecule has 0 unspecified atom stereocenters. The maximum Gasteiger partial charge on any atom is 0.167 e. The van der Waals surface area contributed by atoms with E-state index in [0.717, 1.165) is 35.4 Å². The Bertz CT molecular complexity index is 1180. The summed E-state index contributed by atoms with van der Waals surface area (Å²) < 4.78 is 25.9. The predicted molar refractivity (Wildman–Crippen MR) is 119 cm³/mol. The zero-order valence-corrected chi connectivity index (χ0v) is 19.0. The molecule has 6 rings (SSSR count). The van der Waals surface area contributed by atoms with E-state index in [1.165, 1.54) is 12.8 Å². The third-order valence-electron chi connectivity index (χ3n) is 6.62. The smallest absolute Gasteiger partial charge is 0.167 e.